The van der Waals surface area contributed by atoms with Crippen LogP contribution in [0.2, 0.25) is 0 Å². The van der Waals surface area contributed by atoms with Crippen molar-refractivity contribution in [3.8, 4) is 23.0 Å². The number of benzene rings is 2. The molecule has 212 valence electrons. The van der Waals surface area contributed by atoms with Gasteiger partial charge in [0.25, 0.3) is 5.91 Å². The summed E-state index contributed by atoms with van der Waals surface area (Å²) < 4.78 is 22.0. The first-order valence-electron chi connectivity index (χ1n) is 13.5. The van der Waals surface area contributed by atoms with Crippen LogP contribution in [-0.2, 0) is 12.8 Å². The largest absolute Gasteiger partial charge is 0.493 e. The first kappa shape index (κ1) is 27.8. The molecule has 0 fully saturated rings. The number of para-hydroxylation sites is 1. The molecule has 1 aliphatic heterocycles. The molecule has 5 rings (SSSR count). The van der Waals surface area contributed by atoms with Gasteiger partial charge in [0, 0.05) is 10.4 Å². The molecule has 2 N–H and O–H groups in total. The average Bonchev–Trinajstić information content (AvgIpc) is 3.34. The first-order chi connectivity index (χ1) is 19.2. The molecule has 8 nitrogen and oxygen atoms in total. The van der Waals surface area contributed by atoms with Gasteiger partial charge in [-0.1, -0.05) is 45.4 Å². The molecule has 0 spiro atoms. The topological polar surface area (TPSA) is 95.1 Å². The molecule has 2 heterocycles. The summed E-state index contributed by atoms with van der Waals surface area (Å²) in [7, 11) is 4.47. The van der Waals surface area contributed by atoms with Gasteiger partial charge in [0.15, 0.2) is 11.5 Å². The second-order valence-electron chi connectivity index (χ2n) is 10.9. The third-order valence-electron chi connectivity index (χ3n) is 8.39. The zero-order valence-electron chi connectivity index (χ0n) is 23.8. The molecule has 2 aliphatic rings. The lowest BCUT2D eigenvalue weighted by atomic mass is 9.69. The molecule has 1 amide bonds. The minimum absolute atomic E-state index is 0.102. The number of hydrogen-bond donors (Lipinski definition) is 2. The first-order valence-corrected chi connectivity index (χ1v) is 14.3. The predicted molar refractivity (Wildman–Crippen MR) is 155 cm³/mol. The monoisotopic (exact) mass is 564 g/mol. The number of methoxy groups -OCH3 is 3. The summed E-state index contributed by atoms with van der Waals surface area (Å²) in [5.74, 6) is 1.33. The van der Waals surface area contributed by atoms with Gasteiger partial charge >= 0.3 is 5.97 Å². The van der Waals surface area contributed by atoms with Gasteiger partial charge in [-0.25, -0.2) is 4.79 Å². The average molecular weight is 565 g/mol. The summed E-state index contributed by atoms with van der Waals surface area (Å²) in [6.07, 6.45) is 3.58. The Bertz CT molecular complexity index is 1420. The molecule has 0 bridgehead atoms. The lowest BCUT2D eigenvalue weighted by Gasteiger charge is -2.36. The van der Waals surface area contributed by atoms with Gasteiger partial charge in [0.1, 0.15) is 16.9 Å². The Hall–Kier alpha value is -3.72. The van der Waals surface area contributed by atoms with E-state index in [1.54, 1.807) is 35.6 Å². The van der Waals surface area contributed by atoms with Crippen molar-refractivity contribution in [3.63, 3.8) is 0 Å². The number of ether oxygens (including phenoxy) is 4. The van der Waals surface area contributed by atoms with Gasteiger partial charge in [-0.3, -0.25) is 4.79 Å². The van der Waals surface area contributed by atoms with Crippen LogP contribution >= 0.6 is 11.3 Å². The highest BCUT2D eigenvalue weighted by Gasteiger charge is 2.38. The van der Waals surface area contributed by atoms with Crippen molar-refractivity contribution in [2.75, 3.05) is 26.6 Å². The van der Waals surface area contributed by atoms with Crippen LogP contribution in [0.1, 0.15) is 76.5 Å². The third-order valence-corrected chi connectivity index (χ3v) is 9.58. The highest BCUT2D eigenvalue weighted by molar-refractivity contribution is 7.16. The lowest BCUT2D eigenvalue weighted by Crippen LogP contribution is -2.38. The van der Waals surface area contributed by atoms with E-state index < -0.39 is 12.1 Å². The van der Waals surface area contributed by atoms with Crippen LogP contribution in [0.4, 0.5) is 5.00 Å². The minimum atomic E-state index is -0.592. The van der Waals surface area contributed by atoms with E-state index in [1.807, 2.05) is 12.1 Å². The van der Waals surface area contributed by atoms with Crippen LogP contribution < -0.4 is 29.6 Å². The summed E-state index contributed by atoms with van der Waals surface area (Å²) in [5, 5.41) is 7.48. The Kier molecular flexibility index (Phi) is 7.68. The van der Waals surface area contributed by atoms with Gasteiger partial charge in [0.2, 0.25) is 5.75 Å². The maximum absolute atomic E-state index is 13.4. The van der Waals surface area contributed by atoms with Gasteiger partial charge in [-0.15, -0.1) is 11.3 Å². The number of nitrogens with one attached hydrogen (secondary N) is 2. The molecule has 0 saturated heterocycles. The molecule has 0 unspecified atom stereocenters. The Morgan fingerprint density at radius 1 is 1.02 bits per heavy atom. The summed E-state index contributed by atoms with van der Waals surface area (Å²) in [5.41, 5.74) is 3.09. The Morgan fingerprint density at radius 3 is 2.38 bits per heavy atom. The van der Waals surface area contributed by atoms with Crippen molar-refractivity contribution in [1.29, 1.82) is 0 Å². The molecule has 0 radical (unpaired) electrons. The summed E-state index contributed by atoms with van der Waals surface area (Å²) in [4.78, 5) is 27.9. The van der Waals surface area contributed by atoms with Crippen LogP contribution in [0.3, 0.4) is 0 Å². The smallest absolute Gasteiger partial charge is 0.343 e. The molecule has 1 aromatic heterocycles. The number of thiophene rings is 1. The van der Waals surface area contributed by atoms with E-state index in [0.29, 0.717) is 34.5 Å². The lowest BCUT2D eigenvalue weighted by molar-refractivity contribution is 0.0731. The number of hydrogen-bond acceptors (Lipinski definition) is 8. The standard InChI is InChI=1S/C31H36N2O6S/c1-7-31(2,3)18-12-13-20-24(16-18)40-29-25(20)28(34)32-27(33-29)19-10-8-9-11-21(19)39-30(35)17-14-22(36-4)26(38-6)23(15-17)37-5/h8-11,14-15,18,27,33H,7,12-13,16H2,1-6H3,(H,32,34)/t18-,27-/m1/s1. The second kappa shape index (κ2) is 11.0. The van der Waals surface area contributed by atoms with Crippen molar-refractivity contribution < 1.29 is 28.5 Å². The van der Waals surface area contributed by atoms with E-state index in [9.17, 15) is 9.59 Å². The van der Waals surface area contributed by atoms with Crippen LogP contribution in [0.15, 0.2) is 36.4 Å². The number of amides is 1. The van der Waals surface area contributed by atoms with E-state index in [2.05, 4.69) is 31.4 Å². The van der Waals surface area contributed by atoms with Gasteiger partial charge < -0.3 is 29.6 Å². The highest BCUT2D eigenvalue weighted by atomic mass is 32.1. The third kappa shape index (κ3) is 4.98. The van der Waals surface area contributed by atoms with Crippen LogP contribution in [0.25, 0.3) is 0 Å². The van der Waals surface area contributed by atoms with Crippen molar-refractivity contribution in [2.45, 2.75) is 52.6 Å². The zero-order valence-corrected chi connectivity index (χ0v) is 24.6. The van der Waals surface area contributed by atoms with E-state index in [0.717, 1.165) is 36.2 Å². The maximum Gasteiger partial charge on any atom is 0.343 e. The number of rotatable bonds is 8. The molecule has 2 aromatic carbocycles. The van der Waals surface area contributed by atoms with Crippen LogP contribution in [0.5, 0.6) is 23.0 Å². The molecule has 9 heteroatoms. The number of carbonyl (C=O) groups excluding carboxylic acids is 2. The molecular weight excluding hydrogens is 528 g/mol. The van der Waals surface area contributed by atoms with Crippen molar-refractivity contribution >= 4 is 28.2 Å². The van der Waals surface area contributed by atoms with Crippen molar-refractivity contribution in [2.24, 2.45) is 11.3 Å². The fraction of sp³-hybridized carbons (Fsp3) is 0.419. The highest BCUT2D eigenvalue weighted by Crippen LogP contribution is 2.47. The van der Waals surface area contributed by atoms with Crippen LogP contribution in [-0.4, -0.2) is 33.2 Å². The Morgan fingerprint density at radius 2 is 1.73 bits per heavy atom. The Labute approximate surface area is 239 Å². The van der Waals surface area contributed by atoms with Gasteiger partial charge in [-0.05, 0) is 54.4 Å². The zero-order chi connectivity index (χ0) is 28.6. The van der Waals surface area contributed by atoms with E-state index in [1.165, 1.54) is 31.8 Å². The van der Waals surface area contributed by atoms with E-state index in [4.69, 9.17) is 18.9 Å². The number of esters is 1. The summed E-state index contributed by atoms with van der Waals surface area (Å²) >= 11 is 1.68. The summed E-state index contributed by atoms with van der Waals surface area (Å²) in [6, 6.07) is 10.3. The van der Waals surface area contributed by atoms with Crippen molar-refractivity contribution in [3.05, 3.63) is 63.5 Å². The second-order valence-corrected chi connectivity index (χ2v) is 12.0. The number of carbonyl (C=O) groups is 2. The molecule has 40 heavy (non-hydrogen) atoms. The molecule has 2 atom stereocenters. The minimum Gasteiger partial charge on any atom is -0.493 e. The quantitative estimate of drug-likeness (QED) is 0.242. The SMILES string of the molecule is CCC(C)(C)[C@@H]1CCc2c(sc3c2C(=O)N[C@@H](c2ccccc2OC(=O)c2cc(OC)c(OC)c(OC)c2)N3)C1. The van der Waals surface area contributed by atoms with Gasteiger partial charge in [-0.2, -0.15) is 0 Å². The van der Waals surface area contributed by atoms with E-state index >= 15 is 0 Å². The predicted octanol–water partition coefficient (Wildman–Crippen LogP) is 6.39. The van der Waals surface area contributed by atoms with Gasteiger partial charge in [0.05, 0.1) is 32.5 Å². The number of fused-ring (bicyclic) bond motifs is 3. The molecule has 0 saturated carbocycles. The van der Waals surface area contributed by atoms with Crippen molar-refractivity contribution in [1.82, 2.24) is 5.32 Å². The van der Waals surface area contributed by atoms with Crippen LogP contribution in [0, 0.1) is 11.3 Å². The molecular formula is C31H36N2O6S. The Balaban J connectivity index is 1.40. The number of anilines is 1. The fourth-order valence-electron chi connectivity index (χ4n) is 5.58. The summed E-state index contributed by atoms with van der Waals surface area (Å²) in [6.45, 7) is 6.93. The van der Waals surface area contributed by atoms with E-state index in [-0.39, 0.29) is 16.9 Å². The molecule has 1 aliphatic carbocycles. The normalized spacial score (nSPS) is 18.1. The maximum atomic E-state index is 13.4. The fourth-order valence-corrected chi connectivity index (χ4v) is 6.93. The molecule has 3 aromatic rings.